The first kappa shape index (κ1) is 28.5. The molecule has 9 nitrogen and oxygen atoms in total. The summed E-state index contributed by atoms with van der Waals surface area (Å²) in [6, 6.07) is 18.3. The van der Waals surface area contributed by atoms with Crippen molar-refractivity contribution < 1.29 is 32.2 Å². The van der Waals surface area contributed by atoms with E-state index in [0.717, 1.165) is 23.9 Å². The summed E-state index contributed by atoms with van der Waals surface area (Å²) in [7, 11) is 3.02. The lowest BCUT2D eigenvalue weighted by Gasteiger charge is -2.15. The first-order valence-electron chi connectivity index (χ1n) is 11.8. The first-order chi connectivity index (χ1) is 19.2. The largest absolute Gasteiger partial charge is 0.497 e. The van der Waals surface area contributed by atoms with Crippen LogP contribution in [0.1, 0.15) is 21.7 Å². The maximum atomic E-state index is 13.4. The van der Waals surface area contributed by atoms with Gasteiger partial charge in [-0.3, -0.25) is 14.2 Å². The quantitative estimate of drug-likeness (QED) is 0.259. The molecule has 0 aliphatic carbocycles. The van der Waals surface area contributed by atoms with E-state index in [4.69, 9.17) is 9.47 Å². The molecule has 2 N–H and O–H groups in total. The van der Waals surface area contributed by atoms with Crippen LogP contribution in [0.2, 0.25) is 0 Å². The van der Waals surface area contributed by atoms with Crippen molar-refractivity contribution in [2.24, 2.45) is 0 Å². The highest BCUT2D eigenvalue weighted by molar-refractivity contribution is 7.99. The van der Waals surface area contributed by atoms with Crippen LogP contribution in [0.25, 0.3) is 5.69 Å². The lowest BCUT2D eigenvalue weighted by molar-refractivity contribution is -0.138. The molecule has 0 aliphatic rings. The van der Waals surface area contributed by atoms with Crippen molar-refractivity contribution in [3.05, 3.63) is 89.7 Å². The second-order valence-corrected chi connectivity index (χ2v) is 9.14. The Bertz CT molecular complexity index is 1490. The fourth-order valence-electron chi connectivity index (χ4n) is 3.75. The molecule has 0 bridgehead atoms. The van der Waals surface area contributed by atoms with Crippen molar-refractivity contribution in [2.45, 2.75) is 17.9 Å². The highest BCUT2D eigenvalue weighted by Gasteiger charge is 2.35. The number of aromatic nitrogens is 3. The van der Waals surface area contributed by atoms with Gasteiger partial charge >= 0.3 is 6.18 Å². The number of alkyl halides is 3. The van der Waals surface area contributed by atoms with Crippen LogP contribution in [-0.2, 0) is 17.5 Å². The summed E-state index contributed by atoms with van der Waals surface area (Å²) in [4.78, 5) is 25.3. The third kappa shape index (κ3) is 6.72. The molecule has 208 valence electrons. The van der Waals surface area contributed by atoms with E-state index < -0.39 is 23.2 Å². The molecule has 0 unspecified atom stereocenters. The number of rotatable bonds is 10. The Hall–Kier alpha value is -4.52. The van der Waals surface area contributed by atoms with Gasteiger partial charge in [-0.05, 0) is 48.5 Å². The molecular weight excluding hydrogens is 547 g/mol. The summed E-state index contributed by atoms with van der Waals surface area (Å²) in [5.41, 5.74) is -0.450. The van der Waals surface area contributed by atoms with Gasteiger partial charge in [-0.2, -0.15) is 13.2 Å². The van der Waals surface area contributed by atoms with E-state index in [1.54, 1.807) is 60.2 Å². The topological polar surface area (TPSA) is 107 Å². The molecule has 0 atom stereocenters. The molecule has 0 saturated carbocycles. The standard InChI is InChI=1S/C27H24F3N5O4S/c1-38-18-13-11-17(12-14-18)32-24(36)16-40-26-34-33-23(35(26)21-9-5-6-10-22(21)39-2)15-31-25(37)19-7-3-4-8-20(19)27(28,29)30/h3-14H,15-16H2,1-2H3,(H,31,37)(H,32,36). The van der Waals surface area contributed by atoms with Crippen molar-refractivity contribution in [1.29, 1.82) is 0 Å². The van der Waals surface area contributed by atoms with Gasteiger partial charge in [0.15, 0.2) is 11.0 Å². The van der Waals surface area contributed by atoms with E-state index in [1.807, 2.05) is 0 Å². The van der Waals surface area contributed by atoms with Gasteiger partial charge in [0, 0.05) is 5.69 Å². The van der Waals surface area contributed by atoms with Crippen molar-refractivity contribution in [1.82, 2.24) is 20.1 Å². The number of amides is 2. The molecule has 13 heteroatoms. The van der Waals surface area contributed by atoms with Crippen LogP contribution < -0.4 is 20.1 Å². The Morgan fingerprint density at radius 1 is 0.925 bits per heavy atom. The molecule has 1 heterocycles. The highest BCUT2D eigenvalue weighted by Crippen LogP contribution is 2.32. The van der Waals surface area contributed by atoms with Crippen LogP contribution in [0.15, 0.2) is 78.0 Å². The Balaban J connectivity index is 1.55. The van der Waals surface area contributed by atoms with Crippen LogP contribution >= 0.6 is 11.8 Å². The van der Waals surface area contributed by atoms with Crippen molar-refractivity contribution in [3.8, 4) is 17.2 Å². The van der Waals surface area contributed by atoms with Gasteiger partial charge in [0.05, 0.1) is 43.3 Å². The lowest BCUT2D eigenvalue weighted by atomic mass is 10.1. The molecule has 0 fully saturated rings. The van der Waals surface area contributed by atoms with Crippen LogP contribution in [0.5, 0.6) is 11.5 Å². The number of carbonyl (C=O) groups is 2. The Labute approximate surface area is 231 Å². The van der Waals surface area contributed by atoms with Crippen LogP contribution in [-0.4, -0.2) is 46.6 Å². The summed E-state index contributed by atoms with van der Waals surface area (Å²) in [6.45, 7) is -0.241. The lowest BCUT2D eigenvalue weighted by Crippen LogP contribution is -2.27. The number of ether oxygens (including phenoxy) is 2. The van der Waals surface area contributed by atoms with Gasteiger partial charge in [-0.1, -0.05) is 36.0 Å². The number of thioether (sulfide) groups is 1. The number of hydrogen-bond acceptors (Lipinski definition) is 7. The minimum absolute atomic E-state index is 0.0232. The molecule has 0 radical (unpaired) electrons. The Morgan fingerprint density at radius 2 is 1.62 bits per heavy atom. The summed E-state index contributed by atoms with van der Waals surface area (Å²) in [5.74, 6) is 0.0879. The minimum Gasteiger partial charge on any atom is -0.497 e. The number of hydrogen-bond donors (Lipinski definition) is 2. The molecule has 4 aromatic rings. The molecule has 1 aromatic heterocycles. The number of nitrogens with zero attached hydrogens (tertiary/aromatic N) is 3. The van der Waals surface area contributed by atoms with Crippen LogP contribution in [0.4, 0.5) is 18.9 Å². The molecule has 0 aliphatic heterocycles. The monoisotopic (exact) mass is 571 g/mol. The van der Waals surface area contributed by atoms with E-state index >= 15 is 0 Å². The predicted octanol–water partition coefficient (Wildman–Crippen LogP) is 4.96. The SMILES string of the molecule is COc1ccc(NC(=O)CSc2nnc(CNC(=O)c3ccccc3C(F)(F)F)n2-c2ccccc2OC)cc1. The number of carbonyl (C=O) groups excluding carboxylic acids is 2. The van der Waals surface area contributed by atoms with E-state index in [0.29, 0.717) is 28.0 Å². The minimum atomic E-state index is -4.69. The van der Waals surface area contributed by atoms with Crippen molar-refractivity contribution in [3.63, 3.8) is 0 Å². The van der Waals surface area contributed by atoms with Crippen molar-refractivity contribution >= 4 is 29.3 Å². The summed E-state index contributed by atoms with van der Waals surface area (Å²) < 4.78 is 52.4. The average Bonchev–Trinajstić information content (AvgIpc) is 3.37. The van der Waals surface area contributed by atoms with Gasteiger partial charge in [0.25, 0.3) is 5.91 Å². The van der Waals surface area contributed by atoms with Gasteiger partial charge in [0.1, 0.15) is 11.5 Å². The normalized spacial score (nSPS) is 11.1. The maximum absolute atomic E-state index is 13.4. The van der Waals surface area contributed by atoms with Gasteiger partial charge in [0.2, 0.25) is 5.91 Å². The zero-order valence-corrected chi connectivity index (χ0v) is 22.2. The number of halogens is 3. The number of para-hydroxylation sites is 2. The molecule has 3 aromatic carbocycles. The third-order valence-corrected chi connectivity index (χ3v) is 6.55. The van der Waals surface area contributed by atoms with E-state index in [-0.39, 0.29) is 24.0 Å². The maximum Gasteiger partial charge on any atom is 0.417 e. The zero-order valence-electron chi connectivity index (χ0n) is 21.4. The molecular formula is C27H24F3N5O4S. The van der Waals surface area contributed by atoms with Crippen molar-refractivity contribution in [2.75, 3.05) is 25.3 Å². The Kier molecular flexibility index (Phi) is 8.94. The number of methoxy groups -OCH3 is 2. The second kappa shape index (κ2) is 12.6. The average molecular weight is 572 g/mol. The fourth-order valence-corrected chi connectivity index (χ4v) is 4.51. The van der Waals surface area contributed by atoms with Crippen LogP contribution in [0.3, 0.4) is 0 Å². The molecule has 4 rings (SSSR count). The molecule has 0 saturated heterocycles. The van der Waals surface area contributed by atoms with Crippen LogP contribution in [0, 0.1) is 0 Å². The fraction of sp³-hybridized carbons (Fsp3) is 0.185. The predicted molar refractivity (Wildman–Crippen MR) is 143 cm³/mol. The number of nitrogens with one attached hydrogen (secondary N) is 2. The van der Waals surface area contributed by atoms with E-state index in [2.05, 4.69) is 20.8 Å². The van der Waals surface area contributed by atoms with Gasteiger partial charge in [-0.25, -0.2) is 0 Å². The third-order valence-electron chi connectivity index (χ3n) is 5.62. The number of benzene rings is 3. The van der Waals surface area contributed by atoms with E-state index in [9.17, 15) is 22.8 Å². The van der Waals surface area contributed by atoms with E-state index in [1.165, 1.54) is 19.2 Å². The molecule has 40 heavy (non-hydrogen) atoms. The molecule has 0 spiro atoms. The highest BCUT2D eigenvalue weighted by atomic mass is 32.2. The zero-order chi connectivity index (χ0) is 28.7. The van der Waals surface area contributed by atoms with Gasteiger partial charge < -0.3 is 20.1 Å². The second-order valence-electron chi connectivity index (χ2n) is 8.20. The summed E-state index contributed by atoms with van der Waals surface area (Å²) in [6.07, 6.45) is -4.69. The Morgan fingerprint density at radius 3 is 2.33 bits per heavy atom. The number of anilines is 1. The summed E-state index contributed by atoms with van der Waals surface area (Å²) >= 11 is 1.09. The smallest absolute Gasteiger partial charge is 0.417 e. The summed E-state index contributed by atoms with van der Waals surface area (Å²) in [5, 5.41) is 13.9. The van der Waals surface area contributed by atoms with Gasteiger partial charge in [-0.15, -0.1) is 10.2 Å². The molecule has 2 amide bonds. The first-order valence-corrected chi connectivity index (χ1v) is 12.8.